The molecule has 84 valence electrons. The Hall–Kier alpha value is -0.900. The smallest absolute Gasteiger partial charge is 0.140 e. The lowest BCUT2D eigenvalue weighted by Crippen LogP contribution is -2.39. The Morgan fingerprint density at radius 1 is 1.40 bits per heavy atom. The number of nitrogens with zero attached hydrogens (tertiary/aromatic N) is 3. The Balaban J connectivity index is 2.32. The summed E-state index contributed by atoms with van der Waals surface area (Å²) in [7, 11) is 0. The monoisotopic (exact) mass is 208 g/mol. The zero-order chi connectivity index (χ0) is 10.7. The number of aryl methyl sites for hydroxylation is 1. The average Bonchev–Trinajstić information content (AvgIpc) is 2.78. The van der Waals surface area contributed by atoms with Crippen LogP contribution in [-0.4, -0.2) is 21.3 Å². The van der Waals surface area contributed by atoms with Crippen molar-refractivity contribution in [2.45, 2.75) is 51.0 Å². The van der Waals surface area contributed by atoms with Crippen LogP contribution in [0.15, 0.2) is 6.33 Å². The molecular weight excluding hydrogens is 188 g/mol. The van der Waals surface area contributed by atoms with Crippen LogP contribution in [0.1, 0.15) is 44.9 Å². The van der Waals surface area contributed by atoms with Gasteiger partial charge in [0.05, 0.1) is 0 Å². The molecule has 1 aliphatic carbocycles. The fourth-order valence-electron chi connectivity index (χ4n) is 2.64. The van der Waals surface area contributed by atoms with Gasteiger partial charge in [0, 0.05) is 18.5 Å². The summed E-state index contributed by atoms with van der Waals surface area (Å²) >= 11 is 0. The molecule has 1 heterocycles. The van der Waals surface area contributed by atoms with Gasteiger partial charge >= 0.3 is 0 Å². The summed E-state index contributed by atoms with van der Waals surface area (Å²) in [6.45, 7) is 3.76. The first-order valence-electron chi connectivity index (χ1n) is 5.91. The molecule has 4 nitrogen and oxygen atoms in total. The van der Waals surface area contributed by atoms with E-state index in [1.165, 1.54) is 32.1 Å². The van der Waals surface area contributed by atoms with Gasteiger partial charge in [0.25, 0.3) is 0 Å². The highest BCUT2D eigenvalue weighted by Crippen LogP contribution is 2.37. The Kier molecular flexibility index (Phi) is 3.05. The first kappa shape index (κ1) is 10.6. The Morgan fingerprint density at radius 3 is 2.73 bits per heavy atom. The zero-order valence-corrected chi connectivity index (χ0v) is 9.45. The van der Waals surface area contributed by atoms with Crippen LogP contribution < -0.4 is 5.73 Å². The lowest BCUT2D eigenvalue weighted by Gasteiger charge is -2.35. The molecule has 0 amide bonds. The molecule has 2 rings (SSSR count). The fourth-order valence-corrected chi connectivity index (χ4v) is 2.64. The summed E-state index contributed by atoms with van der Waals surface area (Å²) in [5, 5.41) is 8.31. The first-order valence-corrected chi connectivity index (χ1v) is 5.91. The van der Waals surface area contributed by atoms with Crippen LogP contribution in [0, 0.1) is 0 Å². The molecule has 0 atom stereocenters. The van der Waals surface area contributed by atoms with E-state index >= 15 is 0 Å². The van der Waals surface area contributed by atoms with Crippen molar-refractivity contribution in [1.29, 1.82) is 0 Å². The van der Waals surface area contributed by atoms with E-state index in [4.69, 9.17) is 5.73 Å². The van der Waals surface area contributed by atoms with Gasteiger partial charge in [-0.15, -0.1) is 10.2 Å². The molecule has 1 saturated carbocycles. The summed E-state index contributed by atoms with van der Waals surface area (Å²) in [4.78, 5) is 0. The van der Waals surface area contributed by atoms with E-state index in [-0.39, 0.29) is 5.41 Å². The molecule has 15 heavy (non-hydrogen) atoms. The molecule has 0 bridgehead atoms. The third kappa shape index (κ3) is 1.78. The van der Waals surface area contributed by atoms with Crippen molar-refractivity contribution in [3.05, 3.63) is 12.2 Å². The summed E-state index contributed by atoms with van der Waals surface area (Å²) < 4.78 is 2.14. The molecule has 4 heteroatoms. The molecule has 0 aromatic carbocycles. The number of rotatable bonds is 3. The second-order valence-electron chi connectivity index (χ2n) is 4.49. The Bertz CT molecular complexity index is 312. The van der Waals surface area contributed by atoms with E-state index in [0.717, 1.165) is 12.4 Å². The highest BCUT2D eigenvalue weighted by Gasteiger charge is 2.36. The molecule has 0 unspecified atom stereocenters. The van der Waals surface area contributed by atoms with Crippen LogP contribution >= 0.6 is 0 Å². The molecule has 0 aliphatic heterocycles. The normalized spacial score (nSPS) is 20.4. The lowest BCUT2D eigenvalue weighted by atomic mass is 9.73. The van der Waals surface area contributed by atoms with E-state index in [1.807, 2.05) is 6.33 Å². The van der Waals surface area contributed by atoms with Gasteiger partial charge in [0.1, 0.15) is 12.2 Å². The molecule has 1 fully saturated rings. The maximum atomic E-state index is 5.97. The SMILES string of the molecule is CCn1cnnc1C1(CN)CCCCC1. The molecule has 0 radical (unpaired) electrons. The van der Waals surface area contributed by atoms with E-state index < -0.39 is 0 Å². The van der Waals surface area contributed by atoms with Crippen molar-refractivity contribution in [2.75, 3.05) is 6.54 Å². The van der Waals surface area contributed by atoms with Crippen molar-refractivity contribution >= 4 is 0 Å². The summed E-state index contributed by atoms with van der Waals surface area (Å²) in [5.41, 5.74) is 6.07. The van der Waals surface area contributed by atoms with Crippen LogP contribution in [0.4, 0.5) is 0 Å². The number of nitrogens with two attached hydrogens (primary N) is 1. The minimum absolute atomic E-state index is 0.102. The van der Waals surface area contributed by atoms with E-state index in [0.29, 0.717) is 6.54 Å². The summed E-state index contributed by atoms with van der Waals surface area (Å²) in [6, 6.07) is 0. The Morgan fingerprint density at radius 2 is 2.13 bits per heavy atom. The van der Waals surface area contributed by atoms with Gasteiger partial charge in [-0.3, -0.25) is 0 Å². The van der Waals surface area contributed by atoms with Crippen LogP contribution in [0.25, 0.3) is 0 Å². The highest BCUT2D eigenvalue weighted by atomic mass is 15.3. The standard InChI is InChI=1S/C11H20N4/c1-2-15-9-13-14-10(15)11(8-12)6-4-3-5-7-11/h9H,2-8,12H2,1H3. The van der Waals surface area contributed by atoms with Gasteiger partial charge in [-0.2, -0.15) is 0 Å². The molecule has 1 aliphatic rings. The number of hydrogen-bond donors (Lipinski definition) is 1. The average molecular weight is 208 g/mol. The highest BCUT2D eigenvalue weighted by molar-refractivity contribution is 5.10. The van der Waals surface area contributed by atoms with Gasteiger partial charge < -0.3 is 10.3 Å². The lowest BCUT2D eigenvalue weighted by molar-refractivity contribution is 0.277. The maximum Gasteiger partial charge on any atom is 0.140 e. The molecule has 2 N–H and O–H groups in total. The maximum absolute atomic E-state index is 5.97. The van der Waals surface area contributed by atoms with Crippen LogP contribution in [0.2, 0.25) is 0 Å². The van der Waals surface area contributed by atoms with Crippen molar-refractivity contribution < 1.29 is 0 Å². The molecule has 0 saturated heterocycles. The number of hydrogen-bond acceptors (Lipinski definition) is 3. The van der Waals surface area contributed by atoms with Gasteiger partial charge in [-0.05, 0) is 19.8 Å². The quantitative estimate of drug-likeness (QED) is 0.818. The predicted molar refractivity (Wildman–Crippen MR) is 59.5 cm³/mol. The van der Waals surface area contributed by atoms with Crippen molar-refractivity contribution in [2.24, 2.45) is 5.73 Å². The van der Waals surface area contributed by atoms with E-state index in [2.05, 4.69) is 21.7 Å². The van der Waals surface area contributed by atoms with E-state index in [1.54, 1.807) is 0 Å². The summed E-state index contributed by atoms with van der Waals surface area (Å²) in [5.74, 6) is 1.10. The Labute approximate surface area is 90.9 Å². The second-order valence-corrected chi connectivity index (χ2v) is 4.49. The van der Waals surface area contributed by atoms with Crippen molar-refractivity contribution in [3.8, 4) is 0 Å². The minimum atomic E-state index is 0.102. The third-order valence-corrected chi connectivity index (χ3v) is 3.63. The van der Waals surface area contributed by atoms with E-state index in [9.17, 15) is 0 Å². The molecule has 1 aromatic heterocycles. The van der Waals surface area contributed by atoms with Gasteiger partial charge in [-0.1, -0.05) is 19.3 Å². The van der Waals surface area contributed by atoms with Gasteiger partial charge in [-0.25, -0.2) is 0 Å². The minimum Gasteiger partial charge on any atom is -0.329 e. The third-order valence-electron chi connectivity index (χ3n) is 3.63. The van der Waals surface area contributed by atoms with Crippen molar-refractivity contribution in [1.82, 2.24) is 14.8 Å². The second kappa shape index (κ2) is 4.31. The summed E-state index contributed by atoms with van der Waals surface area (Å²) in [6.07, 6.45) is 8.04. The van der Waals surface area contributed by atoms with Crippen LogP contribution in [0.3, 0.4) is 0 Å². The molecule has 0 spiro atoms. The van der Waals surface area contributed by atoms with Crippen LogP contribution in [-0.2, 0) is 12.0 Å². The first-order chi connectivity index (χ1) is 7.32. The van der Waals surface area contributed by atoms with Crippen LogP contribution in [0.5, 0.6) is 0 Å². The zero-order valence-electron chi connectivity index (χ0n) is 9.45. The van der Waals surface area contributed by atoms with Gasteiger partial charge in [0.2, 0.25) is 0 Å². The predicted octanol–water partition coefficient (Wildman–Crippen LogP) is 1.46. The molecular formula is C11H20N4. The molecule has 1 aromatic rings. The topological polar surface area (TPSA) is 56.7 Å². The largest absolute Gasteiger partial charge is 0.329 e. The number of aromatic nitrogens is 3. The van der Waals surface area contributed by atoms with Crippen molar-refractivity contribution in [3.63, 3.8) is 0 Å². The van der Waals surface area contributed by atoms with Gasteiger partial charge in [0.15, 0.2) is 0 Å². The fraction of sp³-hybridized carbons (Fsp3) is 0.818.